The highest BCUT2D eigenvalue weighted by Gasteiger charge is 2.24. The SMILES string of the molecule is CC(C)NS(=O)(=O)c1ccsc1CNC1CC1. The van der Waals surface area contributed by atoms with Crippen molar-refractivity contribution in [3.63, 3.8) is 0 Å². The Labute approximate surface area is 106 Å². The Balaban J connectivity index is 2.11. The van der Waals surface area contributed by atoms with E-state index in [0.29, 0.717) is 17.5 Å². The van der Waals surface area contributed by atoms with Crippen molar-refractivity contribution in [2.45, 2.75) is 50.2 Å². The van der Waals surface area contributed by atoms with Gasteiger partial charge >= 0.3 is 0 Å². The van der Waals surface area contributed by atoms with Crippen LogP contribution in [0.1, 0.15) is 31.6 Å². The maximum atomic E-state index is 12.1. The molecule has 1 fully saturated rings. The first-order chi connectivity index (χ1) is 7.99. The largest absolute Gasteiger partial charge is 0.309 e. The van der Waals surface area contributed by atoms with Crippen molar-refractivity contribution in [3.05, 3.63) is 16.3 Å². The van der Waals surface area contributed by atoms with Crippen LogP contribution in [0, 0.1) is 0 Å². The quantitative estimate of drug-likeness (QED) is 0.830. The predicted octanol–water partition coefficient (Wildman–Crippen LogP) is 1.69. The molecule has 0 spiro atoms. The Hall–Kier alpha value is -0.430. The summed E-state index contributed by atoms with van der Waals surface area (Å²) in [5, 5.41) is 5.18. The van der Waals surface area contributed by atoms with Crippen LogP contribution in [0.5, 0.6) is 0 Å². The van der Waals surface area contributed by atoms with E-state index in [2.05, 4.69) is 10.0 Å². The minimum Gasteiger partial charge on any atom is -0.309 e. The Morgan fingerprint density at radius 2 is 2.18 bits per heavy atom. The highest BCUT2D eigenvalue weighted by atomic mass is 32.2. The van der Waals surface area contributed by atoms with Crippen LogP contribution in [0.4, 0.5) is 0 Å². The molecule has 0 unspecified atom stereocenters. The molecule has 0 saturated heterocycles. The lowest BCUT2D eigenvalue weighted by Crippen LogP contribution is -2.31. The average molecular weight is 274 g/mol. The molecule has 0 amide bonds. The van der Waals surface area contributed by atoms with E-state index in [4.69, 9.17) is 0 Å². The third-order valence-electron chi connectivity index (χ3n) is 2.51. The molecule has 17 heavy (non-hydrogen) atoms. The van der Waals surface area contributed by atoms with E-state index in [-0.39, 0.29) is 6.04 Å². The molecule has 1 saturated carbocycles. The van der Waals surface area contributed by atoms with Gasteiger partial charge in [-0.05, 0) is 38.1 Å². The number of nitrogens with one attached hydrogen (secondary N) is 2. The van der Waals surface area contributed by atoms with Gasteiger partial charge in [-0.25, -0.2) is 13.1 Å². The van der Waals surface area contributed by atoms with Crippen LogP contribution in [0.2, 0.25) is 0 Å². The molecule has 1 heterocycles. The summed E-state index contributed by atoms with van der Waals surface area (Å²) in [5.74, 6) is 0. The minimum atomic E-state index is -3.35. The van der Waals surface area contributed by atoms with Gasteiger partial charge in [-0.1, -0.05) is 0 Å². The van der Waals surface area contributed by atoms with Gasteiger partial charge in [-0.2, -0.15) is 0 Å². The number of rotatable bonds is 6. The molecular weight excluding hydrogens is 256 g/mol. The summed E-state index contributed by atoms with van der Waals surface area (Å²) in [6.45, 7) is 4.30. The average Bonchev–Trinajstić information content (AvgIpc) is 2.90. The Morgan fingerprint density at radius 3 is 2.76 bits per heavy atom. The monoisotopic (exact) mass is 274 g/mol. The van der Waals surface area contributed by atoms with E-state index < -0.39 is 10.0 Å². The fraction of sp³-hybridized carbons (Fsp3) is 0.636. The second kappa shape index (κ2) is 5.06. The number of sulfonamides is 1. The molecule has 96 valence electrons. The number of hydrogen-bond acceptors (Lipinski definition) is 4. The first kappa shape index (κ1) is 13.0. The molecule has 1 aromatic heterocycles. The van der Waals surface area contributed by atoms with E-state index >= 15 is 0 Å². The first-order valence-electron chi connectivity index (χ1n) is 5.81. The first-order valence-corrected chi connectivity index (χ1v) is 8.17. The van der Waals surface area contributed by atoms with Crippen molar-refractivity contribution < 1.29 is 8.42 Å². The summed E-state index contributed by atoms with van der Waals surface area (Å²) in [6.07, 6.45) is 2.41. The molecule has 0 aromatic carbocycles. The highest BCUT2D eigenvalue weighted by molar-refractivity contribution is 7.89. The molecule has 2 N–H and O–H groups in total. The third-order valence-corrected chi connectivity index (χ3v) is 5.31. The molecule has 4 nitrogen and oxygen atoms in total. The van der Waals surface area contributed by atoms with Gasteiger partial charge in [0.2, 0.25) is 10.0 Å². The molecule has 0 aliphatic heterocycles. The van der Waals surface area contributed by atoms with E-state index in [1.54, 1.807) is 6.07 Å². The van der Waals surface area contributed by atoms with Crippen LogP contribution in [-0.2, 0) is 16.6 Å². The lowest BCUT2D eigenvalue weighted by Gasteiger charge is -2.10. The van der Waals surface area contributed by atoms with Gasteiger partial charge in [0.1, 0.15) is 0 Å². The summed E-state index contributed by atoms with van der Waals surface area (Å²) in [5.41, 5.74) is 0. The van der Waals surface area contributed by atoms with Crippen molar-refractivity contribution in [3.8, 4) is 0 Å². The van der Waals surface area contributed by atoms with E-state index in [1.807, 2.05) is 19.2 Å². The molecule has 0 radical (unpaired) electrons. The second-order valence-electron chi connectivity index (χ2n) is 4.64. The van der Waals surface area contributed by atoms with E-state index in [9.17, 15) is 8.42 Å². The lowest BCUT2D eigenvalue weighted by atomic mass is 10.4. The lowest BCUT2D eigenvalue weighted by molar-refractivity contribution is 0.568. The van der Waals surface area contributed by atoms with Gasteiger partial charge in [-0.15, -0.1) is 11.3 Å². The van der Waals surface area contributed by atoms with Crippen molar-refractivity contribution in [1.82, 2.24) is 10.0 Å². The number of thiophene rings is 1. The summed E-state index contributed by atoms with van der Waals surface area (Å²) < 4.78 is 26.7. The summed E-state index contributed by atoms with van der Waals surface area (Å²) in [4.78, 5) is 1.31. The van der Waals surface area contributed by atoms with Gasteiger partial charge in [0.05, 0.1) is 4.90 Å². The third kappa shape index (κ3) is 3.51. The molecule has 1 aliphatic carbocycles. The minimum absolute atomic E-state index is 0.0795. The molecule has 6 heteroatoms. The summed E-state index contributed by atoms with van der Waals surface area (Å²) in [6, 6.07) is 2.19. The topological polar surface area (TPSA) is 58.2 Å². The Bertz CT molecular complexity index is 475. The Morgan fingerprint density at radius 1 is 1.47 bits per heavy atom. The molecule has 1 aliphatic rings. The molecule has 0 bridgehead atoms. The standard InChI is InChI=1S/C11H18N2O2S2/c1-8(2)13-17(14,15)11-5-6-16-10(11)7-12-9-3-4-9/h5-6,8-9,12-13H,3-4,7H2,1-2H3. The van der Waals surface area contributed by atoms with Gasteiger partial charge < -0.3 is 5.32 Å². The van der Waals surface area contributed by atoms with Crippen molar-refractivity contribution in [2.24, 2.45) is 0 Å². The fourth-order valence-corrected chi connectivity index (χ4v) is 4.24. The zero-order valence-corrected chi connectivity index (χ0v) is 11.7. The maximum Gasteiger partial charge on any atom is 0.241 e. The van der Waals surface area contributed by atoms with Gasteiger partial charge in [0.15, 0.2) is 0 Å². The van der Waals surface area contributed by atoms with Gasteiger partial charge in [-0.3, -0.25) is 0 Å². The molecule has 1 aromatic rings. The van der Waals surface area contributed by atoms with Gasteiger partial charge in [0, 0.05) is 23.5 Å². The summed E-state index contributed by atoms with van der Waals surface area (Å²) >= 11 is 1.49. The normalized spacial score (nSPS) is 16.6. The van der Waals surface area contributed by atoms with Crippen LogP contribution in [-0.4, -0.2) is 20.5 Å². The zero-order valence-electron chi connectivity index (χ0n) is 10.1. The van der Waals surface area contributed by atoms with Crippen molar-refractivity contribution in [1.29, 1.82) is 0 Å². The van der Waals surface area contributed by atoms with Crippen LogP contribution >= 0.6 is 11.3 Å². The fourth-order valence-electron chi connectivity index (χ4n) is 1.60. The van der Waals surface area contributed by atoms with E-state index in [0.717, 1.165) is 4.88 Å². The molecule has 2 rings (SSSR count). The van der Waals surface area contributed by atoms with Crippen LogP contribution in [0.25, 0.3) is 0 Å². The maximum absolute atomic E-state index is 12.1. The second-order valence-corrected chi connectivity index (χ2v) is 7.32. The smallest absolute Gasteiger partial charge is 0.241 e. The van der Waals surface area contributed by atoms with E-state index in [1.165, 1.54) is 24.2 Å². The van der Waals surface area contributed by atoms with Gasteiger partial charge in [0.25, 0.3) is 0 Å². The van der Waals surface area contributed by atoms with Crippen LogP contribution in [0.3, 0.4) is 0 Å². The van der Waals surface area contributed by atoms with Crippen molar-refractivity contribution >= 4 is 21.4 Å². The van der Waals surface area contributed by atoms with Crippen LogP contribution in [0.15, 0.2) is 16.3 Å². The number of hydrogen-bond donors (Lipinski definition) is 2. The predicted molar refractivity (Wildman–Crippen MR) is 69.6 cm³/mol. The van der Waals surface area contributed by atoms with Crippen LogP contribution < -0.4 is 10.0 Å². The molecule has 0 atom stereocenters. The Kier molecular flexibility index (Phi) is 3.87. The van der Waals surface area contributed by atoms with Crippen molar-refractivity contribution in [2.75, 3.05) is 0 Å². The zero-order chi connectivity index (χ0) is 12.5. The highest BCUT2D eigenvalue weighted by Crippen LogP contribution is 2.24. The molecular formula is C11H18N2O2S2. The summed E-state index contributed by atoms with van der Waals surface area (Å²) in [7, 11) is -3.35.